The van der Waals surface area contributed by atoms with Crippen molar-refractivity contribution in [2.75, 3.05) is 32.1 Å². The molecule has 1 amide bonds. The molecule has 0 spiro atoms. The van der Waals surface area contributed by atoms with Gasteiger partial charge in [-0.15, -0.1) is 11.6 Å². The summed E-state index contributed by atoms with van der Waals surface area (Å²) < 4.78 is 0. The first-order valence-electron chi connectivity index (χ1n) is 7.51. The highest BCUT2D eigenvalue weighted by Gasteiger charge is 2.30. The summed E-state index contributed by atoms with van der Waals surface area (Å²) in [4.78, 5) is 16.6. The van der Waals surface area contributed by atoms with Crippen LogP contribution >= 0.6 is 11.6 Å². The summed E-state index contributed by atoms with van der Waals surface area (Å²) in [7, 11) is 0. The molecule has 0 saturated carbocycles. The van der Waals surface area contributed by atoms with Crippen LogP contribution in [0.25, 0.3) is 0 Å². The van der Waals surface area contributed by atoms with Crippen molar-refractivity contribution in [2.24, 2.45) is 5.41 Å². The van der Waals surface area contributed by atoms with E-state index in [1.165, 1.54) is 0 Å². The molecule has 19 heavy (non-hydrogen) atoms. The molecule has 0 unspecified atom stereocenters. The van der Waals surface area contributed by atoms with Crippen molar-refractivity contribution in [1.82, 2.24) is 9.80 Å². The van der Waals surface area contributed by atoms with E-state index in [1.807, 2.05) is 4.90 Å². The fourth-order valence-electron chi connectivity index (χ4n) is 2.62. The largest absolute Gasteiger partial charge is 0.338 e. The Hall–Kier alpha value is -0.280. The maximum absolute atomic E-state index is 12.1. The summed E-state index contributed by atoms with van der Waals surface area (Å²) in [6.45, 7) is 13.0. The third-order valence-corrected chi connectivity index (χ3v) is 4.66. The lowest BCUT2D eigenvalue weighted by molar-refractivity contribution is -0.133. The summed E-state index contributed by atoms with van der Waals surface area (Å²) in [5, 5.41) is 0. The smallest absolute Gasteiger partial charge is 0.237 e. The van der Waals surface area contributed by atoms with Gasteiger partial charge in [0.2, 0.25) is 5.91 Å². The van der Waals surface area contributed by atoms with Gasteiger partial charge in [-0.1, -0.05) is 27.7 Å². The number of rotatable bonds is 6. The molecule has 0 N–H and O–H groups in total. The fourth-order valence-corrected chi connectivity index (χ4v) is 2.77. The van der Waals surface area contributed by atoms with Gasteiger partial charge >= 0.3 is 0 Å². The van der Waals surface area contributed by atoms with Crippen molar-refractivity contribution in [3.8, 4) is 0 Å². The third-order valence-electron chi connectivity index (χ3n) is 4.44. The van der Waals surface area contributed by atoms with Crippen LogP contribution in [0.2, 0.25) is 0 Å². The molecular formula is C15H29ClN2O. The Kier molecular flexibility index (Phi) is 6.61. The normalized spacial score (nSPS) is 18.6. The van der Waals surface area contributed by atoms with Crippen molar-refractivity contribution in [2.45, 2.75) is 53.0 Å². The lowest BCUT2D eigenvalue weighted by Crippen LogP contribution is -2.50. The van der Waals surface area contributed by atoms with E-state index in [-0.39, 0.29) is 17.2 Å². The SMILES string of the molecule is CCN1CCC(N(CC(C)(C)CC)C(=O)CCl)CC1. The third kappa shape index (κ3) is 4.96. The lowest BCUT2D eigenvalue weighted by atomic mass is 9.88. The fraction of sp³-hybridized carbons (Fsp3) is 0.933. The molecule has 0 bridgehead atoms. The Morgan fingerprint density at radius 2 is 1.89 bits per heavy atom. The molecule has 112 valence electrons. The molecule has 0 aromatic rings. The van der Waals surface area contributed by atoms with Crippen molar-refractivity contribution < 1.29 is 4.79 Å². The summed E-state index contributed by atoms with van der Waals surface area (Å²) in [5.74, 6) is 0.200. The number of likely N-dealkylation sites (tertiary alicyclic amines) is 1. The minimum absolute atomic E-state index is 0.0955. The number of carbonyl (C=O) groups excluding carboxylic acids is 1. The number of carbonyl (C=O) groups is 1. The highest BCUT2D eigenvalue weighted by molar-refractivity contribution is 6.27. The monoisotopic (exact) mass is 288 g/mol. The lowest BCUT2D eigenvalue weighted by Gasteiger charge is -2.41. The van der Waals surface area contributed by atoms with Crippen molar-refractivity contribution in [1.29, 1.82) is 0 Å². The van der Waals surface area contributed by atoms with Gasteiger partial charge in [0.15, 0.2) is 0 Å². The standard InChI is InChI=1S/C15H29ClN2O/c1-5-15(3,4)12-18(14(19)11-16)13-7-9-17(6-2)10-8-13/h13H,5-12H2,1-4H3. The summed E-state index contributed by atoms with van der Waals surface area (Å²) >= 11 is 5.79. The molecule has 4 heteroatoms. The van der Waals surface area contributed by atoms with Gasteiger partial charge in [0.25, 0.3) is 0 Å². The van der Waals surface area contributed by atoms with Gasteiger partial charge in [0, 0.05) is 25.7 Å². The quantitative estimate of drug-likeness (QED) is 0.702. The first-order chi connectivity index (χ1) is 8.93. The predicted molar refractivity (Wildman–Crippen MR) is 81.6 cm³/mol. The van der Waals surface area contributed by atoms with Crippen molar-refractivity contribution in [3.63, 3.8) is 0 Å². The van der Waals surface area contributed by atoms with Crippen LogP contribution in [0.5, 0.6) is 0 Å². The van der Waals surface area contributed by atoms with Crippen LogP contribution < -0.4 is 0 Å². The van der Waals surface area contributed by atoms with E-state index in [1.54, 1.807) is 0 Å². The van der Waals surface area contributed by atoms with E-state index in [9.17, 15) is 4.79 Å². The molecule has 0 radical (unpaired) electrons. The molecular weight excluding hydrogens is 260 g/mol. The van der Waals surface area contributed by atoms with Crippen LogP contribution in [-0.4, -0.2) is 53.8 Å². The maximum Gasteiger partial charge on any atom is 0.237 e. The zero-order chi connectivity index (χ0) is 14.5. The van der Waals surface area contributed by atoms with Crippen LogP contribution in [0, 0.1) is 5.41 Å². The average molecular weight is 289 g/mol. The summed E-state index contributed by atoms with van der Waals surface area (Å²) in [5.41, 5.74) is 0.170. The molecule has 1 heterocycles. The second-order valence-electron chi connectivity index (χ2n) is 6.34. The van der Waals surface area contributed by atoms with E-state index in [0.717, 1.165) is 45.4 Å². The van der Waals surface area contributed by atoms with Gasteiger partial charge in [-0.05, 0) is 31.2 Å². The zero-order valence-electron chi connectivity index (χ0n) is 12.9. The van der Waals surface area contributed by atoms with Crippen LogP contribution in [0.3, 0.4) is 0 Å². The van der Waals surface area contributed by atoms with E-state index in [4.69, 9.17) is 11.6 Å². The maximum atomic E-state index is 12.1. The van der Waals surface area contributed by atoms with Crippen LogP contribution in [0.1, 0.15) is 47.0 Å². The molecule has 0 aromatic heterocycles. The molecule has 1 rings (SSSR count). The molecule has 1 fully saturated rings. The van der Waals surface area contributed by atoms with E-state index in [2.05, 4.69) is 32.6 Å². The number of halogens is 1. The molecule has 1 aliphatic heterocycles. The van der Waals surface area contributed by atoms with Gasteiger partial charge in [0.05, 0.1) is 0 Å². The number of nitrogens with zero attached hydrogens (tertiary/aromatic N) is 2. The number of amides is 1. The van der Waals surface area contributed by atoms with E-state index in [0.29, 0.717) is 6.04 Å². The van der Waals surface area contributed by atoms with Crippen molar-refractivity contribution in [3.05, 3.63) is 0 Å². The van der Waals surface area contributed by atoms with Gasteiger partial charge in [0.1, 0.15) is 5.88 Å². The molecule has 1 aliphatic rings. The van der Waals surface area contributed by atoms with Gasteiger partial charge in [-0.2, -0.15) is 0 Å². The Balaban J connectivity index is 2.67. The Morgan fingerprint density at radius 3 is 2.32 bits per heavy atom. The molecule has 3 nitrogen and oxygen atoms in total. The highest BCUT2D eigenvalue weighted by atomic mass is 35.5. The first-order valence-corrected chi connectivity index (χ1v) is 8.04. The number of hydrogen-bond acceptors (Lipinski definition) is 2. The molecule has 1 saturated heterocycles. The first kappa shape index (κ1) is 16.8. The topological polar surface area (TPSA) is 23.6 Å². The van der Waals surface area contributed by atoms with E-state index < -0.39 is 0 Å². The molecule has 0 atom stereocenters. The van der Waals surface area contributed by atoms with Crippen LogP contribution in [0.15, 0.2) is 0 Å². The minimum atomic E-state index is 0.0955. The van der Waals surface area contributed by atoms with Gasteiger partial charge in [-0.25, -0.2) is 0 Å². The molecule has 0 aliphatic carbocycles. The van der Waals surface area contributed by atoms with Crippen LogP contribution in [0.4, 0.5) is 0 Å². The molecule has 0 aromatic carbocycles. The number of alkyl halides is 1. The Labute approximate surface area is 123 Å². The predicted octanol–water partition coefficient (Wildman–Crippen LogP) is 2.97. The zero-order valence-corrected chi connectivity index (χ0v) is 13.7. The van der Waals surface area contributed by atoms with Gasteiger partial charge < -0.3 is 9.80 Å². The minimum Gasteiger partial charge on any atom is -0.338 e. The second-order valence-corrected chi connectivity index (χ2v) is 6.61. The summed E-state index contributed by atoms with van der Waals surface area (Å²) in [6.07, 6.45) is 3.24. The van der Waals surface area contributed by atoms with Crippen molar-refractivity contribution >= 4 is 17.5 Å². The number of piperidine rings is 1. The second kappa shape index (κ2) is 7.49. The van der Waals surface area contributed by atoms with Crippen LogP contribution in [-0.2, 0) is 4.79 Å². The number of hydrogen-bond donors (Lipinski definition) is 0. The van der Waals surface area contributed by atoms with E-state index >= 15 is 0 Å². The summed E-state index contributed by atoms with van der Waals surface area (Å²) in [6, 6.07) is 0.375. The highest BCUT2D eigenvalue weighted by Crippen LogP contribution is 2.25. The van der Waals surface area contributed by atoms with Gasteiger partial charge in [-0.3, -0.25) is 4.79 Å². The Bertz CT molecular complexity index is 286. The average Bonchev–Trinajstić information content (AvgIpc) is 2.44. The Morgan fingerprint density at radius 1 is 1.32 bits per heavy atom.